The summed E-state index contributed by atoms with van der Waals surface area (Å²) in [4.78, 5) is 7.03. The second kappa shape index (κ2) is 10.8. The Morgan fingerprint density at radius 2 is 1.88 bits per heavy atom. The van der Waals surface area contributed by atoms with Gasteiger partial charge in [0, 0.05) is 51.4 Å². The predicted octanol–water partition coefficient (Wildman–Crippen LogP) is 3.09. The molecule has 7 heteroatoms. The molecule has 2 fully saturated rings. The first-order valence-electron chi connectivity index (χ1n) is 12.0. The third kappa shape index (κ3) is 6.32. The highest BCUT2D eigenvalue weighted by atomic mass is 16.5. The van der Waals surface area contributed by atoms with E-state index in [0.29, 0.717) is 19.7 Å². The van der Waals surface area contributed by atoms with Crippen LogP contribution in [-0.4, -0.2) is 85.2 Å². The fourth-order valence-corrected chi connectivity index (χ4v) is 4.27. The molecule has 1 saturated heterocycles. The van der Waals surface area contributed by atoms with Gasteiger partial charge in [0.1, 0.15) is 5.69 Å². The smallest absolute Gasteiger partial charge is 0.232 e. The summed E-state index contributed by atoms with van der Waals surface area (Å²) in [6.45, 7) is 10.5. The molecule has 1 unspecified atom stereocenters. The van der Waals surface area contributed by atoms with Crippen LogP contribution in [0.5, 0.6) is 0 Å². The van der Waals surface area contributed by atoms with E-state index in [1.165, 1.54) is 12.8 Å². The number of aliphatic hydroxyl groups is 1. The standard InChI is InChI=1S/C25H38N4O3/c1-19(2)31-18-22(30)16-28(15-20-9-10-20)17-23-24(21-7-5-4-6-8-21)26-32-25(23)29-13-11-27(3)12-14-29/h4-8,19-20,22,30H,9-18H2,1-3H3. The fourth-order valence-electron chi connectivity index (χ4n) is 4.27. The lowest BCUT2D eigenvalue weighted by Gasteiger charge is -2.33. The van der Waals surface area contributed by atoms with Crippen LogP contribution >= 0.6 is 0 Å². The Kier molecular flexibility index (Phi) is 7.84. The summed E-state index contributed by atoms with van der Waals surface area (Å²) >= 11 is 0. The molecule has 0 bridgehead atoms. The molecule has 1 aliphatic heterocycles. The summed E-state index contributed by atoms with van der Waals surface area (Å²) in [7, 11) is 2.16. The van der Waals surface area contributed by atoms with E-state index in [4.69, 9.17) is 9.26 Å². The minimum atomic E-state index is -0.511. The number of rotatable bonds is 11. The van der Waals surface area contributed by atoms with Gasteiger partial charge in [-0.3, -0.25) is 4.90 Å². The maximum absolute atomic E-state index is 10.6. The second-order valence-electron chi connectivity index (χ2n) is 9.64. The Bertz CT molecular complexity index is 829. The average Bonchev–Trinajstić information content (AvgIpc) is 3.50. The highest BCUT2D eigenvalue weighted by molar-refractivity contribution is 5.68. The Morgan fingerprint density at radius 1 is 1.16 bits per heavy atom. The molecule has 1 atom stereocenters. The first-order valence-corrected chi connectivity index (χ1v) is 12.0. The number of nitrogens with zero attached hydrogens (tertiary/aromatic N) is 4. The zero-order valence-corrected chi connectivity index (χ0v) is 19.7. The van der Waals surface area contributed by atoms with Gasteiger partial charge in [0.15, 0.2) is 0 Å². The number of likely N-dealkylation sites (N-methyl/N-ethyl adjacent to an activating group) is 1. The molecular weight excluding hydrogens is 404 g/mol. The molecule has 2 aromatic rings. The van der Waals surface area contributed by atoms with E-state index in [0.717, 1.165) is 61.3 Å². The molecule has 0 spiro atoms. The molecule has 1 N–H and O–H groups in total. The molecule has 1 aromatic heterocycles. The molecule has 32 heavy (non-hydrogen) atoms. The second-order valence-corrected chi connectivity index (χ2v) is 9.64. The first kappa shape index (κ1) is 23.2. The van der Waals surface area contributed by atoms with Crippen LogP contribution < -0.4 is 4.90 Å². The highest BCUT2D eigenvalue weighted by Gasteiger charge is 2.30. The number of ether oxygens (including phenoxy) is 1. The average molecular weight is 443 g/mol. The van der Waals surface area contributed by atoms with Gasteiger partial charge >= 0.3 is 0 Å². The molecule has 2 aliphatic rings. The van der Waals surface area contributed by atoms with Gasteiger partial charge in [-0.15, -0.1) is 0 Å². The number of anilines is 1. The normalized spacial score (nSPS) is 18.6. The molecule has 7 nitrogen and oxygen atoms in total. The molecule has 176 valence electrons. The van der Waals surface area contributed by atoms with E-state index in [-0.39, 0.29) is 6.10 Å². The van der Waals surface area contributed by atoms with Crippen molar-refractivity contribution in [1.82, 2.24) is 15.0 Å². The van der Waals surface area contributed by atoms with Crippen molar-refractivity contribution in [2.75, 3.05) is 57.8 Å². The van der Waals surface area contributed by atoms with Crippen molar-refractivity contribution in [1.29, 1.82) is 0 Å². The maximum Gasteiger partial charge on any atom is 0.232 e. The van der Waals surface area contributed by atoms with Crippen molar-refractivity contribution in [2.24, 2.45) is 5.92 Å². The number of benzene rings is 1. The van der Waals surface area contributed by atoms with Gasteiger partial charge in [0.2, 0.25) is 5.88 Å². The number of hydrogen-bond donors (Lipinski definition) is 1. The van der Waals surface area contributed by atoms with Crippen LogP contribution in [0.15, 0.2) is 34.9 Å². The monoisotopic (exact) mass is 442 g/mol. The largest absolute Gasteiger partial charge is 0.389 e. The van der Waals surface area contributed by atoms with Crippen LogP contribution in [0.4, 0.5) is 5.88 Å². The summed E-state index contributed by atoms with van der Waals surface area (Å²) in [5.41, 5.74) is 3.10. The Hall–Kier alpha value is -1.93. The number of aromatic nitrogens is 1. The van der Waals surface area contributed by atoms with Gasteiger partial charge in [-0.1, -0.05) is 35.5 Å². The van der Waals surface area contributed by atoms with Crippen molar-refractivity contribution >= 4 is 5.88 Å². The van der Waals surface area contributed by atoms with E-state index in [9.17, 15) is 5.11 Å². The molecule has 1 saturated carbocycles. The summed E-state index contributed by atoms with van der Waals surface area (Å²) < 4.78 is 11.6. The fraction of sp³-hybridized carbons (Fsp3) is 0.640. The Morgan fingerprint density at radius 3 is 2.53 bits per heavy atom. The van der Waals surface area contributed by atoms with Crippen molar-refractivity contribution in [3.63, 3.8) is 0 Å². The summed E-state index contributed by atoms with van der Waals surface area (Å²) in [6, 6.07) is 10.3. The Balaban J connectivity index is 1.57. The van der Waals surface area contributed by atoms with E-state index in [2.05, 4.69) is 39.0 Å². The summed E-state index contributed by atoms with van der Waals surface area (Å²) in [6.07, 6.45) is 2.15. The minimum absolute atomic E-state index is 0.119. The quantitative estimate of drug-likeness (QED) is 0.574. The lowest BCUT2D eigenvalue weighted by atomic mass is 10.1. The third-order valence-electron chi connectivity index (χ3n) is 6.29. The zero-order chi connectivity index (χ0) is 22.5. The van der Waals surface area contributed by atoms with Gasteiger partial charge in [0.25, 0.3) is 0 Å². The van der Waals surface area contributed by atoms with Gasteiger partial charge in [-0.2, -0.15) is 0 Å². The number of aliphatic hydroxyl groups excluding tert-OH is 1. The van der Waals surface area contributed by atoms with Crippen molar-refractivity contribution in [3.8, 4) is 11.3 Å². The van der Waals surface area contributed by atoms with Crippen LogP contribution in [0.1, 0.15) is 32.3 Å². The van der Waals surface area contributed by atoms with Gasteiger partial charge in [-0.25, -0.2) is 0 Å². The van der Waals surface area contributed by atoms with Crippen LogP contribution in [0.3, 0.4) is 0 Å². The molecule has 0 amide bonds. The van der Waals surface area contributed by atoms with Crippen LogP contribution in [-0.2, 0) is 11.3 Å². The number of piperazine rings is 1. The lowest BCUT2D eigenvalue weighted by Crippen LogP contribution is -2.45. The minimum Gasteiger partial charge on any atom is -0.389 e. The Labute approximate surface area is 191 Å². The van der Waals surface area contributed by atoms with Crippen LogP contribution in [0.2, 0.25) is 0 Å². The van der Waals surface area contributed by atoms with Gasteiger partial charge < -0.3 is 24.2 Å². The number of hydrogen-bond acceptors (Lipinski definition) is 7. The van der Waals surface area contributed by atoms with Crippen LogP contribution in [0, 0.1) is 5.92 Å². The van der Waals surface area contributed by atoms with E-state index in [1.807, 2.05) is 32.0 Å². The summed E-state index contributed by atoms with van der Waals surface area (Å²) in [5.74, 6) is 1.60. The lowest BCUT2D eigenvalue weighted by molar-refractivity contribution is -0.0100. The molecule has 2 heterocycles. The summed E-state index contributed by atoms with van der Waals surface area (Å²) in [5, 5.41) is 15.2. The van der Waals surface area contributed by atoms with Gasteiger partial charge in [-0.05, 0) is 39.7 Å². The topological polar surface area (TPSA) is 65.2 Å². The molecule has 4 rings (SSSR count). The van der Waals surface area contributed by atoms with E-state index >= 15 is 0 Å². The highest BCUT2D eigenvalue weighted by Crippen LogP contribution is 2.35. The zero-order valence-electron chi connectivity index (χ0n) is 19.7. The SMILES string of the molecule is CC(C)OCC(O)CN(Cc1c(-c2ccccc2)noc1N1CCN(C)CC1)CC1CC1. The molecule has 1 aliphatic carbocycles. The van der Waals surface area contributed by atoms with E-state index < -0.39 is 6.10 Å². The molecule has 1 aromatic carbocycles. The van der Waals surface area contributed by atoms with Crippen molar-refractivity contribution < 1.29 is 14.4 Å². The molecule has 0 radical (unpaired) electrons. The van der Waals surface area contributed by atoms with Crippen molar-refractivity contribution in [2.45, 2.75) is 45.4 Å². The first-order chi connectivity index (χ1) is 15.5. The molecular formula is C25H38N4O3. The maximum atomic E-state index is 10.6. The van der Waals surface area contributed by atoms with Crippen LogP contribution in [0.25, 0.3) is 11.3 Å². The predicted molar refractivity (Wildman–Crippen MR) is 127 cm³/mol. The third-order valence-corrected chi connectivity index (χ3v) is 6.29. The van der Waals surface area contributed by atoms with Gasteiger partial charge in [0.05, 0.1) is 24.4 Å². The van der Waals surface area contributed by atoms with E-state index in [1.54, 1.807) is 0 Å². The van der Waals surface area contributed by atoms with Crippen molar-refractivity contribution in [3.05, 3.63) is 35.9 Å².